The van der Waals surface area contributed by atoms with Gasteiger partial charge in [-0.05, 0) is 23.8 Å². The molecule has 0 saturated heterocycles. The molecule has 0 unspecified atom stereocenters. The molecule has 0 aliphatic rings. The molecule has 4 nitrogen and oxygen atoms in total. The largest absolute Gasteiger partial charge is 0.503 e. The molecule has 0 fully saturated rings. The molecule has 4 heteroatoms. The maximum atomic E-state index is 10.9. The first-order valence-electron chi connectivity index (χ1n) is 4.09. The van der Waals surface area contributed by atoms with Crippen LogP contribution >= 0.6 is 0 Å². The quantitative estimate of drug-likeness (QED) is 0.705. The van der Waals surface area contributed by atoms with E-state index in [9.17, 15) is 9.90 Å². The van der Waals surface area contributed by atoms with E-state index < -0.39 is 5.56 Å². The van der Waals surface area contributed by atoms with E-state index >= 15 is 0 Å². The number of nitrogens with zero attached hydrogens (tertiary/aromatic N) is 1. The Bertz CT molecular complexity index is 491. The number of hydrogen-bond donors (Lipinski definition) is 2. The first-order chi connectivity index (χ1) is 6.77. The Morgan fingerprint density at radius 2 is 1.93 bits per heavy atom. The minimum Gasteiger partial charge on any atom is -0.503 e. The molecule has 0 saturated carbocycles. The monoisotopic (exact) mass is 188 g/mol. The highest BCUT2D eigenvalue weighted by atomic mass is 16.3. The second-order valence-electron chi connectivity index (χ2n) is 2.84. The molecule has 2 N–H and O–H groups in total. The molecule has 2 aromatic heterocycles. The van der Waals surface area contributed by atoms with Gasteiger partial charge in [-0.2, -0.15) is 0 Å². The second kappa shape index (κ2) is 3.33. The van der Waals surface area contributed by atoms with Crippen LogP contribution in [-0.4, -0.2) is 15.1 Å². The second-order valence-corrected chi connectivity index (χ2v) is 2.84. The molecule has 0 bridgehead atoms. The fraction of sp³-hybridized carbons (Fsp3) is 0. The summed E-state index contributed by atoms with van der Waals surface area (Å²) in [4.78, 5) is 17.2. The molecule has 0 radical (unpaired) electrons. The van der Waals surface area contributed by atoms with Crippen molar-refractivity contribution in [2.75, 3.05) is 0 Å². The van der Waals surface area contributed by atoms with Gasteiger partial charge in [-0.25, -0.2) is 0 Å². The Kier molecular flexibility index (Phi) is 2.02. The lowest BCUT2D eigenvalue weighted by Gasteiger charge is -2.00. The van der Waals surface area contributed by atoms with Gasteiger partial charge in [0, 0.05) is 24.2 Å². The normalized spacial score (nSPS) is 10.0. The number of aromatic nitrogens is 2. The van der Waals surface area contributed by atoms with Gasteiger partial charge in [-0.15, -0.1) is 0 Å². The van der Waals surface area contributed by atoms with Gasteiger partial charge in [-0.1, -0.05) is 0 Å². The third-order valence-electron chi connectivity index (χ3n) is 1.90. The number of hydrogen-bond acceptors (Lipinski definition) is 3. The fourth-order valence-corrected chi connectivity index (χ4v) is 1.18. The lowest BCUT2D eigenvalue weighted by molar-refractivity contribution is 0.467. The van der Waals surface area contributed by atoms with Gasteiger partial charge in [0.05, 0.1) is 0 Å². The van der Waals surface area contributed by atoms with Gasteiger partial charge in [0.2, 0.25) is 0 Å². The van der Waals surface area contributed by atoms with Crippen molar-refractivity contribution in [3.8, 4) is 16.9 Å². The molecule has 0 amide bonds. The summed E-state index contributed by atoms with van der Waals surface area (Å²) in [5.41, 5.74) is 1.17. The van der Waals surface area contributed by atoms with Crippen LogP contribution in [0.25, 0.3) is 11.1 Å². The highest BCUT2D eigenvalue weighted by molar-refractivity contribution is 5.62. The first-order valence-corrected chi connectivity index (χ1v) is 4.09. The lowest BCUT2D eigenvalue weighted by atomic mass is 10.1. The average Bonchev–Trinajstić information content (AvgIpc) is 2.23. The maximum Gasteiger partial charge on any atom is 0.290 e. The predicted molar refractivity (Wildman–Crippen MR) is 52.0 cm³/mol. The number of nitrogens with one attached hydrogen (secondary N) is 1. The van der Waals surface area contributed by atoms with Crippen molar-refractivity contribution in [2.24, 2.45) is 0 Å². The van der Waals surface area contributed by atoms with Crippen LogP contribution in [0, 0.1) is 0 Å². The van der Waals surface area contributed by atoms with E-state index in [-0.39, 0.29) is 5.75 Å². The Labute approximate surface area is 79.9 Å². The van der Waals surface area contributed by atoms with Gasteiger partial charge >= 0.3 is 0 Å². The summed E-state index contributed by atoms with van der Waals surface area (Å²) in [6.45, 7) is 0. The molecule has 2 rings (SSSR count). The molecular weight excluding hydrogens is 180 g/mol. The molecule has 0 atom stereocenters. The van der Waals surface area contributed by atoms with Crippen molar-refractivity contribution in [1.82, 2.24) is 9.97 Å². The first kappa shape index (κ1) is 8.50. The summed E-state index contributed by atoms with van der Waals surface area (Å²) in [6, 6.07) is 5.02. The van der Waals surface area contributed by atoms with Crippen LogP contribution in [0.2, 0.25) is 0 Å². The van der Waals surface area contributed by atoms with Gasteiger partial charge in [-0.3, -0.25) is 9.78 Å². The van der Waals surface area contributed by atoms with E-state index in [1.54, 1.807) is 30.7 Å². The molecule has 70 valence electrons. The van der Waals surface area contributed by atoms with Crippen LogP contribution in [0.3, 0.4) is 0 Å². The Balaban J connectivity index is 2.54. The van der Waals surface area contributed by atoms with Crippen LogP contribution < -0.4 is 5.56 Å². The summed E-state index contributed by atoms with van der Waals surface area (Å²) in [5.74, 6) is -0.278. The van der Waals surface area contributed by atoms with E-state index in [2.05, 4.69) is 9.97 Å². The number of pyridine rings is 2. The smallest absolute Gasteiger partial charge is 0.290 e. The summed E-state index contributed by atoms with van der Waals surface area (Å²) in [7, 11) is 0. The molecule has 0 aromatic carbocycles. The van der Waals surface area contributed by atoms with Crippen molar-refractivity contribution in [2.45, 2.75) is 0 Å². The summed E-state index contributed by atoms with van der Waals surface area (Å²) >= 11 is 0. The van der Waals surface area contributed by atoms with E-state index in [0.29, 0.717) is 0 Å². The molecule has 0 aliphatic heterocycles. The molecule has 2 heterocycles. The Hall–Kier alpha value is -2.10. The van der Waals surface area contributed by atoms with Crippen LogP contribution in [0.4, 0.5) is 0 Å². The van der Waals surface area contributed by atoms with Gasteiger partial charge < -0.3 is 10.1 Å². The zero-order valence-corrected chi connectivity index (χ0v) is 7.27. The number of aromatic amines is 1. The predicted octanol–water partition coefficient (Wildman–Crippen LogP) is 1.14. The molecule has 14 heavy (non-hydrogen) atoms. The van der Waals surface area contributed by atoms with Crippen LogP contribution in [0.5, 0.6) is 5.75 Å². The third kappa shape index (κ3) is 1.50. The standard InChI is InChI=1S/C10H8N2O2/c13-9-5-8(6-12-10(9)14)7-1-3-11-4-2-7/h1-6,13H,(H,12,14). The molecule has 2 aromatic rings. The number of rotatable bonds is 1. The molecule has 0 spiro atoms. The van der Waals surface area contributed by atoms with E-state index in [4.69, 9.17) is 0 Å². The summed E-state index contributed by atoms with van der Waals surface area (Å²) in [6.07, 6.45) is 4.85. The Morgan fingerprint density at radius 3 is 2.57 bits per heavy atom. The lowest BCUT2D eigenvalue weighted by Crippen LogP contribution is -2.03. The SMILES string of the molecule is O=c1[nH]cc(-c2ccncc2)cc1O. The molecule has 0 aliphatic carbocycles. The van der Waals surface area contributed by atoms with E-state index in [0.717, 1.165) is 11.1 Å². The van der Waals surface area contributed by atoms with Crippen molar-refractivity contribution in [1.29, 1.82) is 0 Å². The van der Waals surface area contributed by atoms with Crippen molar-refractivity contribution < 1.29 is 5.11 Å². The van der Waals surface area contributed by atoms with Crippen LogP contribution in [-0.2, 0) is 0 Å². The maximum absolute atomic E-state index is 10.9. The minimum absolute atomic E-state index is 0.278. The van der Waals surface area contributed by atoms with Gasteiger partial charge in [0.15, 0.2) is 5.75 Å². The van der Waals surface area contributed by atoms with Crippen LogP contribution in [0.15, 0.2) is 41.6 Å². The van der Waals surface area contributed by atoms with E-state index in [1.807, 2.05) is 0 Å². The van der Waals surface area contributed by atoms with Crippen molar-refractivity contribution >= 4 is 0 Å². The minimum atomic E-state index is -0.484. The fourth-order valence-electron chi connectivity index (χ4n) is 1.18. The highest BCUT2D eigenvalue weighted by Gasteiger charge is 2.00. The van der Waals surface area contributed by atoms with Crippen LogP contribution in [0.1, 0.15) is 0 Å². The number of aromatic hydroxyl groups is 1. The number of H-pyrrole nitrogens is 1. The molecular formula is C10H8N2O2. The average molecular weight is 188 g/mol. The zero-order chi connectivity index (χ0) is 9.97. The zero-order valence-electron chi connectivity index (χ0n) is 7.27. The summed E-state index contributed by atoms with van der Waals surface area (Å²) in [5, 5.41) is 9.20. The van der Waals surface area contributed by atoms with Crippen molar-refractivity contribution in [3.63, 3.8) is 0 Å². The Morgan fingerprint density at radius 1 is 1.21 bits per heavy atom. The van der Waals surface area contributed by atoms with Gasteiger partial charge in [0.25, 0.3) is 5.56 Å². The highest BCUT2D eigenvalue weighted by Crippen LogP contribution is 2.18. The third-order valence-corrected chi connectivity index (χ3v) is 1.90. The topological polar surface area (TPSA) is 66.0 Å². The van der Waals surface area contributed by atoms with Gasteiger partial charge in [0.1, 0.15) is 0 Å². The van der Waals surface area contributed by atoms with Crippen molar-refractivity contribution in [3.05, 3.63) is 47.1 Å². The summed E-state index contributed by atoms with van der Waals surface area (Å²) < 4.78 is 0. The van der Waals surface area contributed by atoms with E-state index in [1.165, 1.54) is 6.07 Å².